The van der Waals surface area contributed by atoms with E-state index in [-0.39, 0.29) is 43.8 Å². The van der Waals surface area contributed by atoms with Crippen LogP contribution in [0.25, 0.3) is 0 Å². The summed E-state index contributed by atoms with van der Waals surface area (Å²) in [6, 6.07) is 14.4. The summed E-state index contributed by atoms with van der Waals surface area (Å²) in [5, 5.41) is 13.0. The Hall–Kier alpha value is -3.99. The van der Waals surface area contributed by atoms with Crippen LogP contribution in [-0.4, -0.2) is 77.2 Å². The number of carbonyl (C=O) groups excluding carboxylic acids is 4. The Labute approximate surface area is 286 Å². The largest absolute Gasteiger partial charge is 0.455 e. The number of fused-ring (bicyclic) bond motifs is 1. The van der Waals surface area contributed by atoms with Crippen LogP contribution in [0.15, 0.2) is 79.9 Å². The predicted molar refractivity (Wildman–Crippen MR) is 182 cm³/mol. The summed E-state index contributed by atoms with van der Waals surface area (Å²) in [5.74, 6) is -3.36. The van der Waals surface area contributed by atoms with E-state index >= 15 is 0 Å². The van der Waals surface area contributed by atoms with Crippen molar-refractivity contribution in [2.75, 3.05) is 24.6 Å². The third-order valence-corrected chi connectivity index (χ3v) is 9.87. The van der Waals surface area contributed by atoms with E-state index in [2.05, 4.69) is 18.5 Å². The lowest BCUT2D eigenvalue weighted by Gasteiger charge is -2.37. The van der Waals surface area contributed by atoms with Crippen molar-refractivity contribution in [1.29, 1.82) is 0 Å². The maximum atomic E-state index is 14.6. The molecule has 0 radical (unpaired) electrons. The van der Waals surface area contributed by atoms with Gasteiger partial charge < -0.3 is 29.7 Å². The van der Waals surface area contributed by atoms with E-state index in [0.717, 1.165) is 0 Å². The zero-order chi connectivity index (χ0) is 34.4. The lowest BCUT2D eigenvalue weighted by molar-refractivity contribution is -0.162. The predicted octanol–water partition coefficient (Wildman–Crippen LogP) is 4.76. The Morgan fingerprint density at radius 3 is 2.54 bits per heavy atom. The molecule has 2 bridgehead atoms. The first-order valence-corrected chi connectivity index (χ1v) is 17.0. The summed E-state index contributed by atoms with van der Waals surface area (Å²) in [4.78, 5) is 59.0. The van der Waals surface area contributed by atoms with Crippen LogP contribution in [0.2, 0.25) is 5.02 Å². The summed E-state index contributed by atoms with van der Waals surface area (Å²) in [6.07, 6.45) is 4.41. The molecule has 48 heavy (non-hydrogen) atoms. The molecule has 1 spiro atoms. The van der Waals surface area contributed by atoms with E-state index in [0.29, 0.717) is 48.4 Å². The quantitative estimate of drug-likeness (QED) is 0.149. The number of hydrogen-bond donors (Lipinski definition) is 2. The zero-order valence-electron chi connectivity index (χ0n) is 27.3. The number of aliphatic hydroxyl groups is 1. The Morgan fingerprint density at radius 2 is 1.88 bits per heavy atom. The van der Waals surface area contributed by atoms with E-state index in [9.17, 15) is 24.3 Å². The fraction of sp³-hybridized carbons (Fsp3) is 0.459. The molecule has 2 aromatic rings. The second-order valence-corrected chi connectivity index (χ2v) is 13.1. The van der Waals surface area contributed by atoms with Gasteiger partial charge in [-0.25, -0.2) is 0 Å². The highest BCUT2D eigenvalue weighted by molar-refractivity contribution is 6.30. The molecule has 11 heteroatoms. The van der Waals surface area contributed by atoms with Crippen molar-refractivity contribution in [2.24, 2.45) is 11.8 Å². The number of esters is 1. The molecule has 5 rings (SSSR count). The Balaban J connectivity index is 1.46. The fourth-order valence-corrected chi connectivity index (χ4v) is 7.62. The van der Waals surface area contributed by atoms with Crippen molar-refractivity contribution in [2.45, 2.75) is 75.3 Å². The highest BCUT2D eigenvalue weighted by atomic mass is 35.5. The minimum absolute atomic E-state index is 0.0563. The van der Waals surface area contributed by atoms with Gasteiger partial charge in [0.1, 0.15) is 17.7 Å². The number of allylic oxidation sites excluding steroid dienone is 1. The number of nitrogens with one attached hydrogen (secondary N) is 1. The molecule has 0 unspecified atom stereocenters. The number of amides is 3. The number of benzene rings is 2. The fourth-order valence-electron chi connectivity index (χ4n) is 7.50. The number of halogens is 1. The topological polar surface area (TPSA) is 125 Å². The van der Waals surface area contributed by atoms with E-state index < -0.39 is 47.7 Å². The van der Waals surface area contributed by atoms with Crippen LogP contribution < -0.4 is 10.2 Å². The standard InChI is InChI=1S/C37H44ClN3O7/c1-4-6-14-29(43)39-24(3)32(25-12-8-7-9-13-25)47-36(46)30-28-19-20-37(48-28)31(30)34(44)41(22-10-11-23-42)33(37)35(45)40(21-5-2)27-17-15-26(38)16-18-27/h4-5,7-9,12-13,15-18,24,28,30-33,42H,1-2,6,10-11,14,19-23H2,3H3,(H,39,43)/t24-,28-,30+,31+,32-,33-,37+/m1/s1. The Morgan fingerprint density at radius 1 is 1.15 bits per heavy atom. The summed E-state index contributed by atoms with van der Waals surface area (Å²) in [6.45, 7) is 9.63. The molecule has 3 heterocycles. The van der Waals surface area contributed by atoms with Gasteiger partial charge in [0.25, 0.3) is 5.91 Å². The summed E-state index contributed by atoms with van der Waals surface area (Å²) < 4.78 is 12.8. The molecular weight excluding hydrogens is 634 g/mol. The average molecular weight is 678 g/mol. The highest BCUT2D eigenvalue weighted by Gasteiger charge is 2.75. The van der Waals surface area contributed by atoms with Crippen LogP contribution in [0.3, 0.4) is 0 Å². The van der Waals surface area contributed by atoms with Gasteiger partial charge in [0.15, 0.2) is 0 Å². The van der Waals surface area contributed by atoms with E-state index in [4.69, 9.17) is 21.1 Å². The number of rotatable bonds is 16. The first-order valence-electron chi connectivity index (χ1n) is 16.6. The van der Waals surface area contributed by atoms with Gasteiger partial charge in [-0.05, 0) is 68.9 Å². The molecule has 10 nitrogen and oxygen atoms in total. The lowest BCUT2D eigenvalue weighted by Crippen LogP contribution is -2.56. The third kappa shape index (κ3) is 6.92. The lowest BCUT2D eigenvalue weighted by atomic mass is 9.70. The molecule has 3 saturated heterocycles. The van der Waals surface area contributed by atoms with Crippen LogP contribution in [0.4, 0.5) is 5.69 Å². The number of likely N-dealkylation sites (tertiary alicyclic amines) is 1. The zero-order valence-corrected chi connectivity index (χ0v) is 28.0. The first kappa shape index (κ1) is 35.3. The Bertz CT molecular complexity index is 1500. The maximum absolute atomic E-state index is 14.6. The molecule has 3 aliphatic rings. The SMILES string of the molecule is C=CCCC(=O)N[C@H](C)[C@@H](OC(=O)[C@@H]1[C@H]2C(=O)N(CCCCO)[C@H](C(=O)N(CC=C)c3ccc(Cl)cc3)[C@]23CC[C@H]1O3)c1ccccc1. The van der Waals surface area contributed by atoms with E-state index in [1.54, 1.807) is 48.2 Å². The van der Waals surface area contributed by atoms with Gasteiger partial charge in [0.2, 0.25) is 11.8 Å². The average Bonchev–Trinajstić information content (AvgIpc) is 3.73. The molecule has 3 amide bonds. The third-order valence-electron chi connectivity index (χ3n) is 9.62. The van der Waals surface area contributed by atoms with Crippen molar-refractivity contribution >= 4 is 41.0 Å². The van der Waals surface area contributed by atoms with Gasteiger partial charge in [-0.2, -0.15) is 0 Å². The van der Waals surface area contributed by atoms with Crippen LogP contribution in [-0.2, 0) is 28.7 Å². The summed E-state index contributed by atoms with van der Waals surface area (Å²) >= 11 is 6.14. The highest BCUT2D eigenvalue weighted by Crippen LogP contribution is 2.59. The van der Waals surface area contributed by atoms with Gasteiger partial charge in [-0.1, -0.05) is 54.1 Å². The number of hydrogen-bond acceptors (Lipinski definition) is 7. The molecular formula is C37H44ClN3O7. The van der Waals surface area contributed by atoms with Gasteiger partial charge in [0.05, 0.1) is 24.0 Å². The minimum Gasteiger partial charge on any atom is -0.455 e. The molecule has 256 valence electrons. The van der Waals surface area contributed by atoms with Crippen LogP contribution in [0, 0.1) is 11.8 Å². The molecule has 7 atom stereocenters. The van der Waals surface area contributed by atoms with Gasteiger partial charge in [-0.15, -0.1) is 13.2 Å². The maximum Gasteiger partial charge on any atom is 0.313 e. The van der Waals surface area contributed by atoms with Crippen molar-refractivity contribution in [1.82, 2.24) is 10.2 Å². The molecule has 0 aromatic heterocycles. The smallest absolute Gasteiger partial charge is 0.313 e. The van der Waals surface area contributed by atoms with Crippen LogP contribution >= 0.6 is 11.6 Å². The molecule has 0 saturated carbocycles. The molecule has 2 aromatic carbocycles. The van der Waals surface area contributed by atoms with Crippen LogP contribution in [0.5, 0.6) is 0 Å². The number of anilines is 1. The molecule has 2 N–H and O–H groups in total. The second kappa shape index (κ2) is 15.5. The van der Waals surface area contributed by atoms with Crippen molar-refractivity contribution in [3.05, 3.63) is 90.5 Å². The number of nitrogens with zero attached hydrogens (tertiary/aromatic N) is 2. The number of carbonyl (C=O) groups is 4. The molecule has 0 aliphatic carbocycles. The van der Waals surface area contributed by atoms with Gasteiger partial charge >= 0.3 is 5.97 Å². The van der Waals surface area contributed by atoms with E-state index in [1.165, 1.54) is 4.90 Å². The second-order valence-electron chi connectivity index (χ2n) is 12.7. The van der Waals surface area contributed by atoms with Gasteiger partial charge in [-0.3, -0.25) is 19.2 Å². The van der Waals surface area contributed by atoms with Crippen molar-refractivity contribution in [3.63, 3.8) is 0 Å². The molecule has 3 fully saturated rings. The normalized spacial score (nSPS) is 25.2. The summed E-state index contributed by atoms with van der Waals surface area (Å²) in [7, 11) is 0. The summed E-state index contributed by atoms with van der Waals surface area (Å²) in [5.41, 5.74) is 0.0474. The first-order chi connectivity index (χ1) is 23.2. The number of aliphatic hydroxyl groups excluding tert-OH is 1. The van der Waals surface area contributed by atoms with Crippen molar-refractivity contribution in [3.8, 4) is 0 Å². The van der Waals surface area contributed by atoms with Crippen LogP contribution in [0.1, 0.15) is 57.1 Å². The van der Waals surface area contributed by atoms with Gasteiger partial charge in [0, 0.05) is 36.8 Å². The minimum atomic E-state index is -1.24. The number of ether oxygens (including phenoxy) is 2. The molecule has 3 aliphatic heterocycles. The number of unbranched alkanes of at least 4 members (excludes halogenated alkanes) is 1. The van der Waals surface area contributed by atoms with E-state index in [1.807, 2.05) is 30.3 Å². The monoisotopic (exact) mass is 677 g/mol. The van der Waals surface area contributed by atoms with Crippen molar-refractivity contribution < 1.29 is 33.8 Å². The Kier molecular flexibility index (Phi) is 11.4.